The van der Waals surface area contributed by atoms with Crippen LogP contribution in [0.4, 0.5) is 13.2 Å². The zero-order valence-corrected chi connectivity index (χ0v) is 20.9. The van der Waals surface area contributed by atoms with Crippen molar-refractivity contribution in [1.82, 2.24) is 20.1 Å². The van der Waals surface area contributed by atoms with Crippen molar-refractivity contribution >= 4 is 29.9 Å². The summed E-state index contributed by atoms with van der Waals surface area (Å²) in [5, 5.41) is 3.27. The maximum absolute atomic E-state index is 12.7. The number of oxazole rings is 1. The Kier molecular flexibility index (Phi) is 10.4. The summed E-state index contributed by atoms with van der Waals surface area (Å²) in [5.74, 6) is 2.32. The number of aliphatic imine (C=N–C) groups is 1. The van der Waals surface area contributed by atoms with E-state index in [0.717, 1.165) is 24.7 Å². The van der Waals surface area contributed by atoms with Crippen molar-refractivity contribution < 1.29 is 17.6 Å². The van der Waals surface area contributed by atoms with Gasteiger partial charge < -0.3 is 14.6 Å². The molecule has 1 atom stereocenters. The van der Waals surface area contributed by atoms with E-state index < -0.39 is 12.7 Å². The number of rotatable bonds is 7. The van der Waals surface area contributed by atoms with Gasteiger partial charge in [0.15, 0.2) is 5.96 Å². The Balaban J connectivity index is 0.00000450. The van der Waals surface area contributed by atoms with Crippen molar-refractivity contribution in [3.8, 4) is 0 Å². The fourth-order valence-electron chi connectivity index (χ4n) is 3.40. The van der Waals surface area contributed by atoms with E-state index in [1.54, 1.807) is 13.1 Å². The fourth-order valence-corrected chi connectivity index (χ4v) is 3.40. The minimum absolute atomic E-state index is 0. The molecule has 1 saturated heterocycles. The van der Waals surface area contributed by atoms with Gasteiger partial charge in [0.25, 0.3) is 0 Å². The highest BCUT2D eigenvalue weighted by Crippen LogP contribution is 2.24. The number of nitrogens with zero attached hydrogens (tertiary/aromatic N) is 4. The van der Waals surface area contributed by atoms with Gasteiger partial charge in [-0.2, -0.15) is 13.2 Å². The van der Waals surface area contributed by atoms with Crippen molar-refractivity contribution in [3.63, 3.8) is 0 Å². The normalized spacial score (nSPS) is 18.1. The third-order valence-electron chi connectivity index (χ3n) is 4.94. The third-order valence-corrected chi connectivity index (χ3v) is 4.94. The highest BCUT2D eigenvalue weighted by molar-refractivity contribution is 14.0. The molecule has 1 aromatic heterocycles. The SMILES string of the molecule is CCNC(=NCc1ncc(C(C)(C)C)o1)N1CCC(CN(CC)CC(F)(F)F)C1.I. The molecule has 0 bridgehead atoms. The quantitative estimate of drug-likeness (QED) is 0.316. The van der Waals surface area contributed by atoms with E-state index in [1.807, 2.05) is 6.92 Å². The molecule has 1 aliphatic rings. The van der Waals surface area contributed by atoms with Crippen LogP contribution in [0.3, 0.4) is 0 Å². The Morgan fingerprint density at radius 2 is 2.03 bits per heavy atom. The fraction of sp³-hybridized carbons (Fsp3) is 0.800. The van der Waals surface area contributed by atoms with Crippen molar-refractivity contribution in [2.24, 2.45) is 10.9 Å². The largest absolute Gasteiger partial charge is 0.443 e. The first-order chi connectivity index (χ1) is 13.5. The van der Waals surface area contributed by atoms with E-state index in [1.165, 1.54) is 4.90 Å². The Bertz CT molecular complexity index is 672. The smallest absolute Gasteiger partial charge is 0.401 e. The highest BCUT2D eigenvalue weighted by atomic mass is 127. The summed E-state index contributed by atoms with van der Waals surface area (Å²) in [6.45, 7) is 12.5. The molecule has 0 radical (unpaired) electrons. The number of halogens is 4. The number of guanidine groups is 1. The summed E-state index contributed by atoms with van der Waals surface area (Å²) in [5.41, 5.74) is -0.108. The molecule has 2 rings (SSSR count). The van der Waals surface area contributed by atoms with Crippen molar-refractivity contribution in [2.45, 2.75) is 59.2 Å². The standard InChI is InChI=1S/C20H34F3N5O.HI/c1-6-24-18(26-11-17-25-10-16(29-17)19(3,4)5)28-9-8-15(13-28)12-27(7-2)14-20(21,22)23;/h10,15H,6-9,11-14H2,1-5H3,(H,24,26);1H. The molecule has 174 valence electrons. The molecule has 1 fully saturated rings. The lowest BCUT2D eigenvalue weighted by molar-refractivity contribution is -0.146. The molecule has 30 heavy (non-hydrogen) atoms. The predicted molar refractivity (Wildman–Crippen MR) is 123 cm³/mol. The van der Waals surface area contributed by atoms with E-state index in [9.17, 15) is 13.2 Å². The zero-order chi connectivity index (χ0) is 21.7. The van der Waals surface area contributed by atoms with Gasteiger partial charge in [0.05, 0.1) is 12.7 Å². The molecule has 0 aliphatic carbocycles. The number of likely N-dealkylation sites (tertiary alicyclic amines) is 1. The van der Waals surface area contributed by atoms with Crippen LogP contribution in [0.2, 0.25) is 0 Å². The topological polar surface area (TPSA) is 56.9 Å². The Labute approximate surface area is 194 Å². The highest BCUT2D eigenvalue weighted by Gasteiger charge is 2.33. The van der Waals surface area contributed by atoms with Gasteiger partial charge in [0.1, 0.15) is 12.3 Å². The van der Waals surface area contributed by atoms with Crippen molar-refractivity contribution in [3.05, 3.63) is 17.8 Å². The lowest BCUT2D eigenvalue weighted by atomic mass is 9.94. The van der Waals surface area contributed by atoms with Gasteiger partial charge in [0, 0.05) is 31.6 Å². The molecular formula is C20H35F3IN5O. The van der Waals surface area contributed by atoms with Crippen LogP contribution < -0.4 is 5.32 Å². The number of alkyl halides is 3. The van der Waals surface area contributed by atoms with Gasteiger partial charge in [-0.05, 0) is 25.8 Å². The second-order valence-electron chi connectivity index (χ2n) is 8.58. The van der Waals surface area contributed by atoms with E-state index in [-0.39, 0.29) is 35.3 Å². The lowest BCUT2D eigenvalue weighted by Gasteiger charge is -2.26. The zero-order valence-electron chi connectivity index (χ0n) is 18.6. The van der Waals surface area contributed by atoms with Crippen LogP contribution in [0, 0.1) is 5.92 Å². The van der Waals surface area contributed by atoms with E-state index in [2.05, 4.69) is 41.0 Å². The molecule has 10 heteroatoms. The first kappa shape index (κ1) is 27.0. The first-order valence-corrected chi connectivity index (χ1v) is 10.3. The molecule has 0 saturated carbocycles. The minimum atomic E-state index is -4.16. The van der Waals surface area contributed by atoms with Crippen molar-refractivity contribution in [2.75, 3.05) is 39.3 Å². The Hall–Kier alpha value is -1.04. The molecule has 2 heterocycles. The summed E-state index contributed by atoms with van der Waals surface area (Å²) in [4.78, 5) is 12.5. The monoisotopic (exact) mass is 545 g/mol. The van der Waals surface area contributed by atoms with Gasteiger partial charge in [-0.25, -0.2) is 9.98 Å². The Morgan fingerprint density at radius 1 is 1.33 bits per heavy atom. The molecule has 1 aliphatic heterocycles. The summed E-state index contributed by atoms with van der Waals surface area (Å²) in [7, 11) is 0. The number of hydrogen-bond acceptors (Lipinski definition) is 4. The second kappa shape index (κ2) is 11.5. The molecular weight excluding hydrogens is 510 g/mol. The van der Waals surface area contributed by atoms with Gasteiger partial charge in [-0.1, -0.05) is 27.7 Å². The lowest BCUT2D eigenvalue weighted by Crippen LogP contribution is -2.41. The molecule has 0 aromatic carbocycles. The van der Waals surface area contributed by atoms with Crippen LogP contribution >= 0.6 is 24.0 Å². The van der Waals surface area contributed by atoms with E-state index in [0.29, 0.717) is 38.6 Å². The number of nitrogens with one attached hydrogen (secondary N) is 1. The van der Waals surface area contributed by atoms with Crippen molar-refractivity contribution in [1.29, 1.82) is 0 Å². The molecule has 1 aromatic rings. The van der Waals surface area contributed by atoms with Crippen LogP contribution in [-0.2, 0) is 12.0 Å². The summed E-state index contributed by atoms with van der Waals surface area (Å²) >= 11 is 0. The second-order valence-corrected chi connectivity index (χ2v) is 8.58. The molecule has 6 nitrogen and oxygen atoms in total. The van der Waals surface area contributed by atoms with Gasteiger partial charge in [-0.3, -0.25) is 4.90 Å². The maximum Gasteiger partial charge on any atom is 0.401 e. The van der Waals surface area contributed by atoms with Crippen LogP contribution in [0.15, 0.2) is 15.6 Å². The first-order valence-electron chi connectivity index (χ1n) is 10.3. The van der Waals surface area contributed by atoms with Crippen LogP contribution in [0.1, 0.15) is 52.7 Å². The molecule has 1 unspecified atom stereocenters. The predicted octanol–water partition coefficient (Wildman–Crippen LogP) is 4.26. The molecule has 0 spiro atoms. The number of hydrogen-bond donors (Lipinski definition) is 1. The van der Waals surface area contributed by atoms with Crippen LogP contribution in [-0.4, -0.2) is 66.2 Å². The van der Waals surface area contributed by atoms with Crippen LogP contribution in [0.5, 0.6) is 0 Å². The summed E-state index contributed by atoms with van der Waals surface area (Å²) in [6.07, 6.45) is -1.57. The van der Waals surface area contributed by atoms with Gasteiger partial charge >= 0.3 is 6.18 Å². The summed E-state index contributed by atoms with van der Waals surface area (Å²) in [6, 6.07) is 0. The number of aromatic nitrogens is 1. The third kappa shape index (κ3) is 8.60. The molecule has 0 amide bonds. The van der Waals surface area contributed by atoms with E-state index >= 15 is 0 Å². The van der Waals surface area contributed by atoms with Gasteiger partial charge in [-0.15, -0.1) is 24.0 Å². The minimum Gasteiger partial charge on any atom is -0.443 e. The molecule has 1 N–H and O–H groups in total. The van der Waals surface area contributed by atoms with Crippen LogP contribution in [0.25, 0.3) is 0 Å². The average Bonchev–Trinajstić information content (AvgIpc) is 3.26. The average molecular weight is 545 g/mol. The van der Waals surface area contributed by atoms with E-state index in [4.69, 9.17) is 4.42 Å². The maximum atomic E-state index is 12.7. The van der Waals surface area contributed by atoms with Gasteiger partial charge in [0.2, 0.25) is 5.89 Å². The Morgan fingerprint density at radius 3 is 2.57 bits per heavy atom. The summed E-state index contributed by atoms with van der Waals surface area (Å²) < 4.78 is 43.9.